The maximum absolute atomic E-state index is 4.85. The van der Waals surface area contributed by atoms with Crippen LogP contribution in [0.5, 0.6) is 0 Å². The molecule has 0 amide bonds. The van der Waals surface area contributed by atoms with Gasteiger partial charge < -0.3 is 20.6 Å². The molecule has 6 bridgehead atoms. The number of hydrogen-bond donors (Lipinski definition) is 4. The molecule has 2 aromatic carbocycles. The molecule has 0 unspecified atom stereocenters. The summed E-state index contributed by atoms with van der Waals surface area (Å²) in [6.45, 7) is 5.59. The molecule has 4 heterocycles. The van der Waals surface area contributed by atoms with E-state index < -0.39 is 0 Å². The van der Waals surface area contributed by atoms with E-state index in [9.17, 15) is 0 Å². The lowest BCUT2D eigenvalue weighted by Gasteiger charge is -2.22. The number of rotatable bonds is 0. The van der Waals surface area contributed by atoms with Gasteiger partial charge in [0, 0.05) is 16.8 Å². The lowest BCUT2D eigenvalue weighted by Crippen LogP contribution is -2.20. The number of anilines is 2. The average Bonchev–Trinajstić information content (AvgIpc) is 3.64. The molecule has 0 aliphatic carbocycles. The summed E-state index contributed by atoms with van der Waals surface area (Å²) in [5, 5.41) is 7.02. The Morgan fingerprint density at radius 3 is 1.56 bits per heavy atom. The van der Waals surface area contributed by atoms with Crippen molar-refractivity contribution in [3.8, 4) is 0 Å². The molecule has 7 heteroatoms. The molecular formula is C32H31N7. The van der Waals surface area contributed by atoms with Crippen molar-refractivity contribution < 1.29 is 0 Å². The molecule has 39 heavy (non-hydrogen) atoms. The third-order valence-electron chi connectivity index (χ3n) is 7.04. The predicted octanol–water partition coefficient (Wildman–Crippen LogP) is 7.10. The zero-order valence-electron chi connectivity index (χ0n) is 22.1. The maximum atomic E-state index is 4.85. The molecule has 1 aliphatic rings. The van der Waals surface area contributed by atoms with Crippen LogP contribution in [0, 0.1) is 0 Å². The van der Waals surface area contributed by atoms with Gasteiger partial charge in [0.2, 0.25) is 0 Å². The van der Waals surface area contributed by atoms with Crippen LogP contribution >= 0.6 is 0 Å². The zero-order chi connectivity index (χ0) is 26.7. The Hall–Kier alpha value is -4.91. The van der Waals surface area contributed by atoms with Gasteiger partial charge in [-0.3, -0.25) is 15.0 Å². The lowest BCUT2D eigenvalue weighted by molar-refractivity contribution is 0.603. The molecule has 0 spiro atoms. The smallest absolute Gasteiger partial charge is 0.0861 e. The first-order chi connectivity index (χ1) is 19.0. The van der Waals surface area contributed by atoms with Gasteiger partial charge in [0.15, 0.2) is 0 Å². The normalized spacial score (nSPS) is 14.6. The van der Waals surface area contributed by atoms with Crippen LogP contribution in [-0.4, -0.2) is 27.4 Å². The SMILES string of the molecule is CC1(C)c2ccc([nH]2)C=Nc2ccccc2NCc2cccc(n2)CNc2ccccc2N=Cc2ccc1[nH]2. The summed E-state index contributed by atoms with van der Waals surface area (Å²) >= 11 is 0. The van der Waals surface area contributed by atoms with Crippen molar-refractivity contribution in [3.63, 3.8) is 0 Å². The van der Waals surface area contributed by atoms with Crippen LogP contribution in [0.3, 0.4) is 0 Å². The monoisotopic (exact) mass is 513 g/mol. The van der Waals surface area contributed by atoms with Crippen LogP contribution in [-0.2, 0) is 18.5 Å². The van der Waals surface area contributed by atoms with Gasteiger partial charge >= 0.3 is 0 Å². The van der Waals surface area contributed by atoms with E-state index in [-0.39, 0.29) is 5.41 Å². The van der Waals surface area contributed by atoms with E-state index in [4.69, 9.17) is 15.0 Å². The summed E-state index contributed by atoms with van der Waals surface area (Å²) in [6, 6.07) is 30.6. The molecule has 194 valence electrons. The molecular weight excluding hydrogens is 482 g/mol. The molecule has 3 aromatic heterocycles. The maximum Gasteiger partial charge on any atom is 0.0861 e. The molecule has 1 aliphatic heterocycles. The van der Waals surface area contributed by atoms with E-state index in [0.29, 0.717) is 13.1 Å². The van der Waals surface area contributed by atoms with Gasteiger partial charge in [-0.2, -0.15) is 0 Å². The third kappa shape index (κ3) is 5.38. The van der Waals surface area contributed by atoms with Crippen molar-refractivity contribution in [1.82, 2.24) is 15.0 Å². The Labute approximate surface area is 228 Å². The van der Waals surface area contributed by atoms with Gasteiger partial charge in [-0.05, 0) is 74.5 Å². The number of aromatic nitrogens is 3. The highest BCUT2D eigenvalue weighted by Crippen LogP contribution is 2.31. The number of nitrogens with zero attached hydrogens (tertiary/aromatic N) is 3. The van der Waals surface area contributed by atoms with E-state index in [1.807, 2.05) is 79.2 Å². The summed E-state index contributed by atoms with van der Waals surface area (Å²) in [7, 11) is 0. The van der Waals surface area contributed by atoms with Crippen LogP contribution in [0.1, 0.15) is 48.0 Å². The fourth-order valence-corrected chi connectivity index (χ4v) is 4.70. The first kappa shape index (κ1) is 24.4. The Morgan fingerprint density at radius 2 is 1.05 bits per heavy atom. The van der Waals surface area contributed by atoms with Gasteiger partial charge in [0.25, 0.3) is 0 Å². The summed E-state index contributed by atoms with van der Waals surface area (Å²) in [5.74, 6) is 0. The third-order valence-corrected chi connectivity index (χ3v) is 7.04. The number of fused-ring (bicyclic) bond motifs is 8. The summed E-state index contributed by atoms with van der Waals surface area (Å²) < 4.78 is 0. The van der Waals surface area contributed by atoms with Crippen LogP contribution < -0.4 is 10.6 Å². The summed E-state index contributed by atoms with van der Waals surface area (Å²) in [6.07, 6.45) is 3.75. The van der Waals surface area contributed by atoms with Gasteiger partial charge in [-0.15, -0.1) is 0 Å². The molecule has 0 saturated carbocycles. The molecule has 0 fully saturated rings. The highest BCUT2D eigenvalue weighted by molar-refractivity contribution is 5.83. The van der Waals surface area contributed by atoms with Gasteiger partial charge in [-0.25, -0.2) is 0 Å². The standard InChI is InChI=1S/C32H31N7/c1-32(2)30-16-14-24(38-30)20-35-28-12-5-3-10-26(28)33-18-22-8-7-9-23(37-22)19-34-27-11-4-6-13-29(27)36-21-25-15-17-31(32)39-25/h3-17,20-21,33-34,38-39H,18-19H2,1-2H3. The highest BCUT2D eigenvalue weighted by Gasteiger charge is 2.26. The quantitative estimate of drug-likeness (QED) is 0.178. The minimum Gasteiger partial charge on any atom is -0.378 e. The molecule has 7 nitrogen and oxygen atoms in total. The lowest BCUT2D eigenvalue weighted by atomic mass is 9.86. The second kappa shape index (κ2) is 10.5. The first-order valence-electron chi connectivity index (χ1n) is 13.1. The fourth-order valence-electron chi connectivity index (χ4n) is 4.70. The summed E-state index contributed by atoms with van der Waals surface area (Å²) in [5.41, 5.74) is 9.41. The molecule has 0 saturated heterocycles. The second-order valence-corrected chi connectivity index (χ2v) is 10.2. The van der Waals surface area contributed by atoms with Crippen LogP contribution in [0.4, 0.5) is 22.7 Å². The fraction of sp³-hybridized carbons (Fsp3) is 0.156. The predicted molar refractivity (Wildman–Crippen MR) is 160 cm³/mol. The van der Waals surface area contributed by atoms with E-state index in [0.717, 1.165) is 56.9 Å². The molecule has 4 N–H and O–H groups in total. The van der Waals surface area contributed by atoms with Gasteiger partial charge in [-0.1, -0.05) is 30.3 Å². The van der Waals surface area contributed by atoms with Crippen molar-refractivity contribution in [2.45, 2.75) is 32.4 Å². The number of para-hydroxylation sites is 4. The minimum absolute atomic E-state index is 0.256. The number of nitrogens with one attached hydrogen (secondary N) is 4. The topological polar surface area (TPSA) is 93.2 Å². The van der Waals surface area contributed by atoms with Crippen molar-refractivity contribution in [1.29, 1.82) is 0 Å². The Morgan fingerprint density at radius 1 is 0.564 bits per heavy atom. The van der Waals surface area contributed by atoms with Crippen LogP contribution in [0.25, 0.3) is 0 Å². The van der Waals surface area contributed by atoms with Crippen molar-refractivity contribution in [2.75, 3.05) is 10.6 Å². The number of benzene rings is 2. The van der Waals surface area contributed by atoms with Crippen molar-refractivity contribution in [2.24, 2.45) is 9.98 Å². The highest BCUT2D eigenvalue weighted by atomic mass is 15.0. The van der Waals surface area contributed by atoms with Crippen LogP contribution in [0.15, 0.2) is 101 Å². The summed E-state index contributed by atoms with van der Waals surface area (Å²) in [4.78, 5) is 21.5. The molecule has 0 atom stereocenters. The average molecular weight is 514 g/mol. The molecule has 6 rings (SSSR count). The molecule has 5 aromatic rings. The van der Waals surface area contributed by atoms with Gasteiger partial charge in [0.05, 0.1) is 71.0 Å². The Balaban J connectivity index is 1.38. The number of hydrogen-bond acceptors (Lipinski definition) is 5. The zero-order valence-corrected chi connectivity index (χ0v) is 22.1. The first-order valence-corrected chi connectivity index (χ1v) is 13.1. The van der Waals surface area contributed by atoms with Crippen molar-refractivity contribution >= 4 is 35.2 Å². The number of H-pyrrole nitrogens is 2. The second-order valence-electron chi connectivity index (χ2n) is 10.2. The van der Waals surface area contributed by atoms with Crippen LogP contribution in [0.2, 0.25) is 0 Å². The van der Waals surface area contributed by atoms with Gasteiger partial charge in [0.1, 0.15) is 0 Å². The minimum atomic E-state index is -0.256. The number of aliphatic imine (C=N–C) groups is 2. The Kier molecular flexibility index (Phi) is 6.55. The number of aromatic amines is 2. The Bertz CT molecular complexity index is 1540. The molecule has 0 radical (unpaired) electrons. The van der Waals surface area contributed by atoms with E-state index in [2.05, 4.69) is 58.7 Å². The largest absolute Gasteiger partial charge is 0.378 e. The van der Waals surface area contributed by atoms with E-state index >= 15 is 0 Å². The van der Waals surface area contributed by atoms with E-state index in [1.165, 1.54) is 0 Å². The van der Waals surface area contributed by atoms with Crippen molar-refractivity contribution in [3.05, 3.63) is 125 Å². The van der Waals surface area contributed by atoms with E-state index in [1.54, 1.807) is 0 Å². The number of pyridine rings is 1.